The van der Waals surface area contributed by atoms with Crippen LogP contribution in [0.2, 0.25) is 0 Å². The summed E-state index contributed by atoms with van der Waals surface area (Å²) >= 11 is 4.70. The molecule has 2 N–H and O–H groups in total. The van der Waals surface area contributed by atoms with Crippen LogP contribution in [-0.4, -0.2) is 28.4 Å². The van der Waals surface area contributed by atoms with Crippen LogP contribution in [0, 0.1) is 0 Å². The van der Waals surface area contributed by atoms with Crippen molar-refractivity contribution in [3.8, 4) is 0 Å². The van der Waals surface area contributed by atoms with Crippen LogP contribution >= 0.6 is 12.2 Å². The van der Waals surface area contributed by atoms with Gasteiger partial charge in [0, 0.05) is 13.2 Å². The maximum Gasteiger partial charge on any atom is 0.186 e. The lowest BCUT2D eigenvalue weighted by atomic mass is 10.4. The van der Waals surface area contributed by atoms with Crippen molar-refractivity contribution in [1.29, 1.82) is 0 Å². The standard InChI is InChI=1S/C8H10N4S/c1-12(8(9)13)11-6-7-4-2-3-5-10-7/h2-6H,1H3,(H2,9,13)/b11-6+. The molecule has 4 nitrogen and oxygen atoms in total. The molecule has 0 radical (unpaired) electrons. The third-order valence-electron chi connectivity index (χ3n) is 1.37. The summed E-state index contributed by atoms with van der Waals surface area (Å²) in [5, 5.41) is 5.61. The van der Waals surface area contributed by atoms with Crippen molar-refractivity contribution in [2.24, 2.45) is 10.8 Å². The average Bonchev–Trinajstić information content (AvgIpc) is 2.15. The van der Waals surface area contributed by atoms with Crippen LogP contribution in [0.3, 0.4) is 0 Å². The number of nitrogens with two attached hydrogens (primary N) is 1. The molecule has 0 aliphatic carbocycles. The number of rotatable bonds is 2. The van der Waals surface area contributed by atoms with Gasteiger partial charge in [-0.15, -0.1) is 0 Å². The number of hydrogen-bond donors (Lipinski definition) is 1. The summed E-state index contributed by atoms with van der Waals surface area (Å²) in [7, 11) is 1.68. The Balaban J connectivity index is 2.64. The van der Waals surface area contributed by atoms with E-state index in [1.807, 2.05) is 18.2 Å². The summed E-state index contributed by atoms with van der Waals surface area (Å²) in [6.45, 7) is 0. The number of aromatic nitrogens is 1. The molecule has 5 heteroatoms. The highest BCUT2D eigenvalue weighted by atomic mass is 32.1. The lowest BCUT2D eigenvalue weighted by Gasteiger charge is -2.07. The first-order valence-corrected chi connectivity index (χ1v) is 4.09. The Morgan fingerprint density at radius 3 is 3.00 bits per heavy atom. The van der Waals surface area contributed by atoms with Crippen molar-refractivity contribution in [2.75, 3.05) is 7.05 Å². The highest BCUT2D eigenvalue weighted by Gasteiger charge is 1.93. The molecule has 1 heterocycles. The molecule has 68 valence electrons. The first kappa shape index (κ1) is 9.60. The van der Waals surface area contributed by atoms with E-state index in [2.05, 4.69) is 10.1 Å². The highest BCUT2D eigenvalue weighted by Crippen LogP contribution is 1.90. The van der Waals surface area contributed by atoms with Gasteiger partial charge in [0.15, 0.2) is 5.11 Å². The smallest absolute Gasteiger partial charge is 0.186 e. The molecule has 1 aromatic heterocycles. The van der Waals surface area contributed by atoms with Crippen LogP contribution in [0.5, 0.6) is 0 Å². The molecule has 0 spiro atoms. The molecule has 0 unspecified atom stereocenters. The van der Waals surface area contributed by atoms with E-state index >= 15 is 0 Å². The Kier molecular flexibility index (Phi) is 3.33. The van der Waals surface area contributed by atoms with Gasteiger partial charge in [0.25, 0.3) is 0 Å². The van der Waals surface area contributed by atoms with Crippen molar-refractivity contribution in [2.45, 2.75) is 0 Å². The summed E-state index contributed by atoms with van der Waals surface area (Å²) in [6.07, 6.45) is 3.29. The molecule has 0 aliphatic heterocycles. The second-order valence-corrected chi connectivity index (χ2v) is 2.78. The summed E-state index contributed by atoms with van der Waals surface area (Å²) in [4.78, 5) is 4.05. The average molecular weight is 194 g/mol. The van der Waals surface area contributed by atoms with E-state index in [0.717, 1.165) is 5.69 Å². The molecular formula is C8H10N4S. The van der Waals surface area contributed by atoms with Gasteiger partial charge in [0.05, 0.1) is 11.9 Å². The molecule has 0 bridgehead atoms. The van der Waals surface area contributed by atoms with E-state index in [1.165, 1.54) is 5.01 Å². The monoisotopic (exact) mass is 194 g/mol. The predicted molar refractivity (Wildman–Crippen MR) is 56.4 cm³/mol. The fraction of sp³-hybridized carbons (Fsp3) is 0.125. The van der Waals surface area contributed by atoms with Gasteiger partial charge in [0.1, 0.15) is 0 Å². The lowest BCUT2D eigenvalue weighted by Crippen LogP contribution is -2.27. The van der Waals surface area contributed by atoms with Gasteiger partial charge < -0.3 is 5.73 Å². The number of hydrazone groups is 1. The molecule has 0 atom stereocenters. The molecule has 13 heavy (non-hydrogen) atoms. The van der Waals surface area contributed by atoms with Crippen LogP contribution in [0.4, 0.5) is 0 Å². The van der Waals surface area contributed by atoms with Gasteiger partial charge in [0.2, 0.25) is 0 Å². The minimum atomic E-state index is 0.229. The summed E-state index contributed by atoms with van der Waals surface area (Å²) < 4.78 is 0. The van der Waals surface area contributed by atoms with Crippen molar-refractivity contribution >= 4 is 23.5 Å². The Morgan fingerprint density at radius 2 is 2.46 bits per heavy atom. The zero-order chi connectivity index (χ0) is 9.68. The summed E-state index contributed by atoms with van der Waals surface area (Å²) in [6, 6.07) is 5.57. The van der Waals surface area contributed by atoms with Crippen LogP contribution in [-0.2, 0) is 0 Å². The molecule has 1 rings (SSSR count). The Bertz CT molecular complexity index is 309. The SMILES string of the molecule is CN(/N=C/c1ccccn1)C(N)=S. The molecule has 0 fully saturated rings. The minimum Gasteiger partial charge on any atom is -0.375 e. The van der Waals surface area contributed by atoms with Crippen LogP contribution in [0.15, 0.2) is 29.5 Å². The second-order valence-electron chi connectivity index (χ2n) is 2.36. The Morgan fingerprint density at radius 1 is 1.69 bits per heavy atom. The zero-order valence-corrected chi connectivity index (χ0v) is 8.03. The minimum absolute atomic E-state index is 0.229. The van der Waals surface area contributed by atoms with Crippen LogP contribution < -0.4 is 5.73 Å². The third-order valence-corrected chi connectivity index (χ3v) is 1.63. The second kappa shape index (κ2) is 4.51. The number of pyridine rings is 1. The van der Waals surface area contributed by atoms with Gasteiger partial charge in [-0.25, -0.2) is 5.01 Å². The first-order chi connectivity index (χ1) is 6.20. The van der Waals surface area contributed by atoms with Gasteiger partial charge in [-0.3, -0.25) is 4.98 Å². The maximum absolute atomic E-state index is 5.32. The molecule has 1 aromatic rings. The molecular weight excluding hydrogens is 184 g/mol. The third kappa shape index (κ3) is 3.16. The van der Waals surface area contributed by atoms with Gasteiger partial charge in [-0.1, -0.05) is 6.07 Å². The van der Waals surface area contributed by atoms with Gasteiger partial charge >= 0.3 is 0 Å². The quantitative estimate of drug-likeness (QED) is 0.425. The van der Waals surface area contributed by atoms with Crippen molar-refractivity contribution in [1.82, 2.24) is 9.99 Å². The first-order valence-electron chi connectivity index (χ1n) is 3.68. The fourth-order valence-corrected chi connectivity index (χ4v) is 0.702. The topological polar surface area (TPSA) is 54.5 Å². The zero-order valence-electron chi connectivity index (χ0n) is 7.21. The predicted octanol–water partition coefficient (Wildman–Crippen LogP) is 0.591. The summed E-state index contributed by atoms with van der Waals surface area (Å²) in [5.41, 5.74) is 6.09. The normalized spacial score (nSPS) is 10.2. The van der Waals surface area contributed by atoms with Gasteiger partial charge in [-0.2, -0.15) is 5.10 Å². The van der Waals surface area contributed by atoms with Crippen LogP contribution in [0.1, 0.15) is 5.69 Å². The maximum atomic E-state index is 5.32. The fourth-order valence-electron chi connectivity index (χ4n) is 0.655. The van der Waals surface area contributed by atoms with E-state index < -0.39 is 0 Å². The molecule has 0 aliphatic rings. The van der Waals surface area contributed by atoms with Crippen molar-refractivity contribution in [3.63, 3.8) is 0 Å². The molecule has 0 saturated heterocycles. The number of nitrogens with zero attached hydrogens (tertiary/aromatic N) is 3. The van der Waals surface area contributed by atoms with Crippen LogP contribution in [0.25, 0.3) is 0 Å². The largest absolute Gasteiger partial charge is 0.375 e. The van der Waals surface area contributed by atoms with Gasteiger partial charge in [-0.05, 0) is 24.4 Å². The van der Waals surface area contributed by atoms with E-state index in [4.69, 9.17) is 18.0 Å². The Labute approximate surface area is 82.1 Å². The van der Waals surface area contributed by atoms with E-state index in [-0.39, 0.29) is 5.11 Å². The summed E-state index contributed by atoms with van der Waals surface area (Å²) in [5.74, 6) is 0. The van der Waals surface area contributed by atoms with E-state index in [9.17, 15) is 0 Å². The van der Waals surface area contributed by atoms with E-state index in [1.54, 1.807) is 19.5 Å². The number of thiocarbonyl (C=S) groups is 1. The molecule has 0 saturated carbocycles. The van der Waals surface area contributed by atoms with Crippen molar-refractivity contribution < 1.29 is 0 Å². The van der Waals surface area contributed by atoms with Crippen molar-refractivity contribution in [3.05, 3.63) is 30.1 Å². The highest BCUT2D eigenvalue weighted by molar-refractivity contribution is 7.80. The van der Waals surface area contributed by atoms with E-state index in [0.29, 0.717) is 0 Å². The molecule has 0 amide bonds. The number of hydrogen-bond acceptors (Lipinski definition) is 3. The Hall–Kier alpha value is -1.49. The molecule has 0 aromatic carbocycles. The lowest BCUT2D eigenvalue weighted by molar-refractivity contribution is 0.552.